The molecule has 3 aromatic rings. The standard InChI is InChI=1S/C22H17F3N4O4/c23-14-4-1-12(2-5-14)9-28-11-27-29-10-16(19(30)20(31)18(29)22(28)33)21(32)26-8-13-3-6-15(24)7-17(13)25/h1-7,10,27,31H,8-9,11H2,(H,26,32). The van der Waals surface area contributed by atoms with Crippen molar-refractivity contribution in [1.82, 2.24) is 14.9 Å². The first-order valence-electron chi connectivity index (χ1n) is 9.73. The summed E-state index contributed by atoms with van der Waals surface area (Å²) in [6.45, 7) is -0.261. The molecule has 8 nitrogen and oxygen atoms in total. The van der Waals surface area contributed by atoms with Crippen molar-refractivity contribution in [2.45, 2.75) is 13.1 Å². The van der Waals surface area contributed by atoms with Gasteiger partial charge in [-0.1, -0.05) is 18.2 Å². The molecule has 0 bridgehead atoms. The fraction of sp³-hybridized carbons (Fsp3) is 0.136. The second-order valence-corrected chi connectivity index (χ2v) is 7.30. The molecule has 0 spiro atoms. The molecule has 0 saturated carbocycles. The van der Waals surface area contributed by atoms with Gasteiger partial charge >= 0.3 is 0 Å². The second kappa shape index (κ2) is 8.69. The highest BCUT2D eigenvalue weighted by Crippen LogP contribution is 2.20. The molecule has 1 aliphatic rings. The number of carbonyl (C=O) groups excluding carboxylic acids is 2. The fourth-order valence-electron chi connectivity index (χ4n) is 3.35. The molecule has 11 heteroatoms. The number of halogens is 3. The molecule has 1 aliphatic heterocycles. The monoisotopic (exact) mass is 458 g/mol. The molecule has 170 valence electrons. The van der Waals surface area contributed by atoms with Crippen LogP contribution in [-0.2, 0) is 13.1 Å². The lowest BCUT2D eigenvalue weighted by molar-refractivity contribution is 0.0708. The van der Waals surface area contributed by atoms with Crippen molar-refractivity contribution in [1.29, 1.82) is 0 Å². The third-order valence-corrected chi connectivity index (χ3v) is 5.09. The van der Waals surface area contributed by atoms with Crippen LogP contribution in [0.5, 0.6) is 5.75 Å². The molecule has 0 fully saturated rings. The van der Waals surface area contributed by atoms with Gasteiger partial charge in [0.25, 0.3) is 11.8 Å². The van der Waals surface area contributed by atoms with Crippen LogP contribution in [0.4, 0.5) is 13.2 Å². The average molecular weight is 458 g/mol. The van der Waals surface area contributed by atoms with E-state index in [4.69, 9.17) is 0 Å². The maximum Gasteiger partial charge on any atom is 0.278 e. The molecule has 3 N–H and O–H groups in total. The van der Waals surface area contributed by atoms with Crippen LogP contribution in [0.2, 0.25) is 0 Å². The fourth-order valence-corrected chi connectivity index (χ4v) is 3.35. The highest BCUT2D eigenvalue weighted by molar-refractivity contribution is 5.99. The SMILES string of the molecule is O=C(NCc1ccc(F)cc1F)c1cn2c(c(O)c1=O)C(=O)N(Cc1ccc(F)cc1)CN2. The van der Waals surface area contributed by atoms with Crippen molar-refractivity contribution in [3.8, 4) is 5.75 Å². The van der Waals surface area contributed by atoms with Gasteiger partial charge in [0.15, 0.2) is 11.4 Å². The minimum Gasteiger partial charge on any atom is -0.502 e. The van der Waals surface area contributed by atoms with E-state index in [9.17, 15) is 32.7 Å². The van der Waals surface area contributed by atoms with E-state index < -0.39 is 46.0 Å². The summed E-state index contributed by atoms with van der Waals surface area (Å²) >= 11 is 0. The smallest absolute Gasteiger partial charge is 0.278 e. The molecule has 2 amide bonds. The van der Waals surface area contributed by atoms with Gasteiger partial charge in [-0.2, -0.15) is 0 Å². The van der Waals surface area contributed by atoms with Crippen molar-refractivity contribution in [3.05, 3.63) is 98.7 Å². The van der Waals surface area contributed by atoms with E-state index >= 15 is 0 Å². The average Bonchev–Trinajstić information content (AvgIpc) is 2.78. The van der Waals surface area contributed by atoms with Crippen molar-refractivity contribution in [3.63, 3.8) is 0 Å². The van der Waals surface area contributed by atoms with Crippen molar-refractivity contribution >= 4 is 11.8 Å². The summed E-state index contributed by atoms with van der Waals surface area (Å²) in [4.78, 5) is 39.2. The van der Waals surface area contributed by atoms with Crippen molar-refractivity contribution in [2.24, 2.45) is 0 Å². The minimum absolute atomic E-state index is 0.00299. The summed E-state index contributed by atoms with van der Waals surface area (Å²) < 4.78 is 40.9. The number of hydrogen-bond donors (Lipinski definition) is 3. The molecule has 0 atom stereocenters. The van der Waals surface area contributed by atoms with E-state index in [2.05, 4.69) is 10.7 Å². The summed E-state index contributed by atoms with van der Waals surface area (Å²) in [7, 11) is 0. The third-order valence-electron chi connectivity index (χ3n) is 5.09. The number of benzene rings is 2. The Morgan fingerprint density at radius 3 is 2.45 bits per heavy atom. The van der Waals surface area contributed by atoms with Crippen LogP contribution in [0, 0.1) is 17.5 Å². The number of pyridine rings is 1. The predicted molar refractivity (Wildman–Crippen MR) is 110 cm³/mol. The topological polar surface area (TPSA) is 104 Å². The van der Waals surface area contributed by atoms with Gasteiger partial charge in [-0.25, -0.2) is 13.2 Å². The summed E-state index contributed by atoms with van der Waals surface area (Å²) in [5.74, 6) is -4.59. The van der Waals surface area contributed by atoms with Gasteiger partial charge in [-0.3, -0.25) is 19.1 Å². The van der Waals surface area contributed by atoms with Crippen LogP contribution in [0.3, 0.4) is 0 Å². The molecule has 0 aliphatic carbocycles. The Morgan fingerprint density at radius 2 is 1.76 bits per heavy atom. The van der Waals surface area contributed by atoms with Crippen molar-refractivity contribution in [2.75, 3.05) is 12.1 Å². The molecule has 4 rings (SSSR count). The summed E-state index contributed by atoms with van der Waals surface area (Å²) in [6.07, 6.45) is 1.06. The lowest BCUT2D eigenvalue weighted by Crippen LogP contribution is -2.46. The molecule has 0 unspecified atom stereocenters. The zero-order valence-electron chi connectivity index (χ0n) is 16.9. The first-order chi connectivity index (χ1) is 15.7. The maximum absolute atomic E-state index is 13.8. The first-order valence-corrected chi connectivity index (χ1v) is 9.73. The Morgan fingerprint density at radius 1 is 1.06 bits per heavy atom. The Kier molecular flexibility index (Phi) is 5.78. The molecule has 33 heavy (non-hydrogen) atoms. The summed E-state index contributed by atoms with van der Waals surface area (Å²) in [6, 6.07) is 8.33. The number of nitrogens with one attached hydrogen (secondary N) is 2. The highest BCUT2D eigenvalue weighted by Gasteiger charge is 2.31. The van der Waals surface area contributed by atoms with Gasteiger partial charge in [0.2, 0.25) is 5.43 Å². The van der Waals surface area contributed by atoms with E-state index in [0.29, 0.717) is 11.6 Å². The quantitative estimate of drug-likeness (QED) is 0.543. The van der Waals surface area contributed by atoms with Crippen LogP contribution in [0.1, 0.15) is 32.0 Å². The van der Waals surface area contributed by atoms with E-state index in [-0.39, 0.29) is 31.0 Å². The number of fused-ring (bicyclic) bond motifs is 1. The van der Waals surface area contributed by atoms with Gasteiger partial charge < -0.3 is 20.7 Å². The van der Waals surface area contributed by atoms with E-state index in [1.54, 1.807) is 0 Å². The highest BCUT2D eigenvalue weighted by atomic mass is 19.1. The van der Waals surface area contributed by atoms with E-state index in [1.807, 2.05) is 0 Å². The second-order valence-electron chi connectivity index (χ2n) is 7.30. The van der Waals surface area contributed by atoms with Crippen LogP contribution >= 0.6 is 0 Å². The maximum atomic E-state index is 13.8. The summed E-state index contributed by atoms with van der Waals surface area (Å²) in [5.41, 5.74) is 1.49. The minimum atomic E-state index is -1.09. The lowest BCUT2D eigenvalue weighted by Gasteiger charge is -2.31. The Balaban J connectivity index is 1.54. The van der Waals surface area contributed by atoms with Crippen LogP contribution in [0.15, 0.2) is 53.5 Å². The van der Waals surface area contributed by atoms with E-state index in [0.717, 1.165) is 23.0 Å². The molecule has 2 aromatic carbocycles. The number of aromatic hydroxyl groups is 1. The Hall–Kier alpha value is -4.28. The van der Waals surface area contributed by atoms with Gasteiger partial charge in [0, 0.05) is 30.9 Å². The lowest BCUT2D eigenvalue weighted by atomic mass is 10.1. The molecule has 1 aromatic heterocycles. The Labute approximate surface area is 184 Å². The van der Waals surface area contributed by atoms with Crippen LogP contribution < -0.4 is 16.2 Å². The molecular weight excluding hydrogens is 441 g/mol. The number of aromatic nitrogens is 1. The van der Waals surface area contributed by atoms with Crippen molar-refractivity contribution < 1.29 is 27.9 Å². The predicted octanol–water partition coefficient (Wildman–Crippen LogP) is 2.06. The summed E-state index contributed by atoms with van der Waals surface area (Å²) in [5, 5.41) is 12.7. The largest absolute Gasteiger partial charge is 0.502 e. The third kappa shape index (κ3) is 4.38. The zero-order chi connectivity index (χ0) is 23.7. The van der Waals surface area contributed by atoms with Gasteiger partial charge in [-0.15, -0.1) is 0 Å². The number of carbonyl (C=O) groups is 2. The normalized spacial score (nSPS) is 12.8. The number of rotatable bonds is 5. The number of amides is 2. The number of hydrogen-bond acceptors (Lipinski definition) is 5. The zero-order valence-corrected chi connectivity index (χ0v) is 16.9. The first kappa shape index (κ1) is 21.9. The van der Waals surface area contributed by atoms with E-state index in [1.165, 1.54) is 29.2 Å². The van der Waals surface area contributed by atoms with Gasteiger partial charge in [0.05, 0.1) is 0 Å². The Bertz CT molecular complexity index is 1310. The van der Waals surface area contributed by atoms with Crippen LogP contribution in [0.25, 0.3) is 0 Å². The van der Waals surface area contributed by atoms with Crippen LogP contribution in [-0.4, -0.2) is 33.2 Å². The number of nitrogens with zero attached hydrogens (tertiary/aromatic N) is 2. The molecule has 0 saturated heterocycles. The molecular formula is C22H17F3N4O4. The molecule has 2 heterocycles. The van der Waals surface area contributed by atoms with Gasteiger partial charge in [-0.05, 0) is 23.8 Å². The molecule has 0 radical (unpaired) electrons. The van der Waals surface area contributed by atoms with Gasteiger partial charge in [0.1, 0.15) is 29.7 Å².